The zero-order valence-electron chi connectivity index (χ0n) is 16.6. The first-order valence-corrected chi connectivity index (χ1v) is 9.21. The Kier molecular flexibility index (Phi) is 5.64. The summed E-state index contributed by atoms with van der Waals surface area (Å²) in [6.07, 6.45) is -9.35. The number of rotatable bonds is 5. The fourth-order valence-corrected chi connectivity index (χ4v) is 3.11. The third-order valence-electron chi connectivity index (χ3n) is 4.44. The maximum Gasteiger partial charge on any atom is 0.573 e. The van der Waals surface area contributed by atoms with E-state index in [9.17, 15) is 31.1 Å². The van der Waals surface area contributed by atoms with Crippen LogP contribution >= 0.6 is 0 Å². The number of esters is 1. The topological polar surface area (TPSA) is 121 Å². The summed E-state index contributed by atoms with van der Waals surface area (Å²) < 4.78 is 84.7. The Hall–Kier alpha value is -4.14. The number of hydrogen-bond donors (Lipinski definition) is 2. The number of aromatic amines is 1. The first-order valence-electron chi connectivity index (χ1n) is 9.21. The number of H-pyrrole nitrogens is 1. The van der Waals surface area contributed by atoms with Crippen molar-refractivity contribution in [1.29, 1.82) is 0 Å². The molecule has 0 bridgehead atoms. The summed E-state index contributed by atoms with van der Waals surface area (Å²) in [6, 6.07) is 7.53. The number of hydrogen-bond acceptors (Lipinski definition) is 7. The maximum absolute atomic E-state index is 12.7. The Morgan fingerprint density at radius 2 is 1.74 bits per heavy atom. The van der Waals surface area contributed by atoms with E-state index in [0.29, 0.717) is 11.3 Å². The van der Waals surface area contributed by atoms with E-state index in [0.717, 1.165) is 16.8 Å². The highest BCUT2D eigenvalue weighted by atomic mass is 19.4. The minimum absolute atomic E-state index is 0.0742. The maximum atomic E-state index is 12.7. The second kappa shape index (κ2) is 8.33. The molecule has 0 aliphatic rings. The number of nitrogens with zero attached hydrogens (tertiary/aromatic N) is 4. The summed E-state index contributed by atoms with van der Waals surface area (Å²) in [5.41, 5.74) is 6.52. The molecule has 4 aromatic rings. The fourth-order valence-electron chi connectivity index (χ4n) is 3.11. The molecule has 1 unspecified atom stereocenters. The summed E-state index contributed by atoms with van der Waals surface area (Å²) in [5.74, 6) is -3.03. The Morgan fingerprint density at radius 1 is 1.03 bits per heavy atom. The molecular weight excluding hydrogens is 474 g/mol. The Labute approximate surface area is 185 Å². The highest BCUT2D eigenvalue weighted by Crippen LogP contribution is 2.34. The van der Waals surface area contributed by atoms with Crippen molar-refractivity contribution in [1.82, 2.24) is 25.0 Å². The second-order valence-corrected chi connectivity index (χ2v) is 6.69. The van der Waals surface area contributed by atoms with Crippen LogP contribution in [0.3, 0.4) is 0 Å². The Balaban J connectivity index is 1.84. The molecule has 0 saturated heterocycles. The number of benzene rings is 1. The van der Waals surface area contributed by atoms with E-state index in [-0.39, 0.29) is 22.4 Å². The van der Waals surface area contributed by atoms with Crippen molar-refractivity contribution < 1.29 is 40.6 Å². The van der Waals surface area contributed by atoms with E-state index in [1.54, 1.807) is 6.07 Å². The predicted molar refractivity (Wildman–Crippen MR) is 102 cm³/mol. The standard InChI is InChI=1S/C19H12F6N6O3/c20-18(21,22)17(32)33-15(26)14-13-11(12-6-8-28-29-12)5-7-27-16(13)31(30-14)9-1-3-10(4-2-9)34-19(23,24)25/h1-8,15H,26H2,(H,28,29). The number of fused-ring (bicyclic) bond motifs is 1. The van der Waals surface area contributed by atoms with Gasteiger partial charge in [0.1, 0.15) is 11.4 Å². The first-order chi connectivity index (χ1) is 15.9. The van der Waals surface area contributed by atoms with Crippen LogP contribution in [0.4, 0.5) is 26.3 Å². The summed E-state index contributed by atoms with van der Waals surface area (Å²) in [6.45, 7) is 0. The largest absolute Gasteiger partial charge is 0.573 e. The van der Waals surface area contributed by atoms with Gasteiger partial charge in [-0.25, -0.2) is 14.5 Å². The van der Waals surface area contributed by atoms with Crippen LogP contribution in [0.1, 0.15) is 11.9 Å². The third kappa shape index (κ3) is 4.63. The highest BCUT2D eigenvalue weighted by molar-refractivity contribution is 5.95. The number of pyridine rings is 1. The van der Waals surface area contributed by atoms with Crippen LogP contribution in [0.2, 0.25) is 0 Å². The van der Waals surface area contributed by atoms with Gasteiger partial charge in [0.15, 0.2) is 11.9 Å². The molecule has 9 nitrogen and oxygen atoms in total. The van der Waals surface area contributed by atoms with E-state index >= 15 is 0 Å². The van der Waals surface area contributed by atoms with Crippen LogP contribution < -0.4 is 10.5 Å². The minimum Gasteiger partial charge on any atom is -0.434 e. The van der Waals surface area contributed by atoms with Crippen LogP contribution in [0, 0.1) is 0 Å². The van der Waals surface area contributed by atoms with Gasteiger partial charge in [0.2, 0.25) is 0 Å². The van der Waals surface area contributed by atoms with Gasteiger partial charge in [-0.05, 0) is 36.4 Å². The molecule has 1 aromatic carbocycles. The number of alkyl halides is 6. The summed E-state index contributed by atoms with van der Waals surface area (Å²) in [4.78, 5) is 15.5. The molecule has 1 atom stereocenters. The van der Waals surface area contributed by atoms with Gasteiger partial charge in [-0.15, -0.1) is 13.2 Å². The van der Waals surface area contributed by atoms with Gasteiger partial charge in [-0.3, -0.25) is 10.8 Å². The van der Waals surface area contributed by atoms with Gasteiger partial charge in [0.05, 0.1) is 16.8 Å². The van der Waals surface area contributed by atoms with E-state index in [4.69, 9.17) is 5.73 Å². The molecule has 0 fully saturated rings. The number of aromatic nitrogens is 5. The van der Waals surface area contributed by atoms with E-state index in [2.05, 4.69) is 29.8 Å². The van der Waals surface area contributed by atoms with E-state index < -0.39 is 30.5 Å². The lowest BCUT2D eigenvalue weighted by Crippen LogP contribution is -2.30. The van der Waals surface area contributed by atoms with Crippen molar-refractivity contribution in [2.75, 3.05) is 0 Å². The molecule has 0 saturated carbocycles. The molecule has 0 aliphatic carbocycles. The van der Waals surface area contributed by atoms with Gasteiger partial charge in [0.25, 0.3) is 0 Å². The number of nitrogens with two attached hydrogens (primary N) is 1. The van der Waals surface area contributed by atoms with Gasteiger partial charge in [-0.2, -0.15) is 23.4 Å². The van der Waals surface area contributed by atoms with Gasteiger partial charge < -0.3 is 9.47 Å². The molecule has 34 heavy (non-hydrogen) atoms. The molecule has 3 aromatic heterocycles. The normalized spacial score (nSPS) is 13.1. The van der Waals surface area contributed by atoms with Crippen molar-refractivity contribution in [3.8, 4) is 22.7 Å². The summed E-state index contributed by atoms with van der Waals surface area (Å²) in [7, 11) is 0. The lowest BCUT2D eigenvalue weighted by atomic mass is 10.1. The first kappa shape index (κ1) is 23.0. The quantitative estimate of drug-likeness (QED) is 0.250. The smallest absolute Gasteiger partial charge is 0.434 e. The Bertz CT molecular complexity index is 1320. The number of halogens is 6. The molecule has 0 amide bonds. The molecule has 3 heterocycles. The van der Waals surface area contributed by atoms with Crippen molar-refractivity contribution in [2.45, 2.75) is 18.8 Å². The van der Waals surface area contributed by atoms with Crippen LogP contribution in [0.15, 0.2) is 48.8 Å². The number of nitrogens with one attached hydrogen (secondary N) is 1. The SMILES string of the molecule is NC(OC(=O)C(F)(F)F)c1nn(-c2ccc(OC(F)(F)F)cc2)c2nccc(-c3ccn[nH]3)c12. The van der Waals surface area contributed by atoms with Crippen LogP contribution in [-0.2, 0) is 9.53 Å². The lowest BCUT2D eigenvalue weighted by molar-refractivity contribution is -0.274. The predicted octanol–water partition coefficient (Wildman–Crippen LogP) is 3.77. The fraction of sp³-hybridized carbons (Fsp3) is 0.158. The average molecular weight is 486 g/mol. The number of carbonyl (C=O) groups excluding carboxylic acids is 1. The zero-order chi connectivity index (χ0) is 24.7. The van der Waals surface area contributed by atoms with Crippen molar-refractivity contribution >= 4 is 17.0 Å². The van der Waals surface area contributed by atoms with E-state index in [1.807, 2.05) is 0 Å². The molecule has 3 N–H and O–H groups in total. The van der Waals surface area contributed by atoms with Crippen LogP contribution in [0.5, 0.6) is 5.75 Å². The Morgan fingerprint density at radius 3 is 2.32 bits per heavy atom. The average Bonchev–Trinajstić information content (AvgIpc) is 3.41. The van der Waals surface area contributed by atoms with Crippen molar-refractivity contribution in [3.05, 3.63) is 54.5 Å². The molecule has 4 rings (SSSR count). The molecule has 15 heteroatoms. The molecule has 0 radical (unpaired) electrons. The van der Waals surface area contributed by atoms with E-state index in [1.165, 1.54) is 30.6 Å². The number of carbonyl (C=O) groups is 1. The summed E-state index contributed by atoms with van der Waals surface area (Å²) in [5, 5.41) is 10.8. The van der Waals surface area contributed by atoms with Gasteiger partial charge >= 0.3 is 18.5 Å². The van der Waals surface area contributed by atoms with Crippen molar-refractivity contribution in [3.63, 3.8) is 0 Å². The number of ether oxygens (including phenoxy) is 2. The molecule has 0 spiro atoms. The third-order valence-corrected chi connectivity index (χ3v) is 4.44. The monoisotopic (exact) mass is 486 g/mol. The summed E-state index contributed by atoms with van der Waals surface area (Å²) >= 11 is 0. The van der Waals surface area contributed by atoms with Gasteiger partial charge in [-0.1, -0.05) is 0 Å². The highest BCUT2D eigenvalue weighted by Gasteiger charge is 2.42. The molecule has 0 aliphatic heterocycles. The second-order valence-electron chi connectivity index (χ2n) is 6.69. The van der Waals surface area contributed by atoms with Crippen LogP contribution in [0.25, 0.3) is 28.0 Å². The minimum atomic E-state index is -5.30. The zero-order valence-corrected chi connectivity index (χ0v) is 16.6. The van der Waals surface area contributed by atoms with Gasteiger partial charge in [0, 0.05) is 18.0 Å². The lowest BCUT2D eigenvalue weighted by Gasteiger charge is -2.13. The molecule has 178 valence electrons. The van der Waals surface area contributed by atoms with Crippen LogP contribution in [-0.4, -0.2) is 43.5 Å². The van der Waals surface area contributed by atoms with Crippen molar-refractivity contribution in [2.24, 2.45) is 5.73 Å². The molecular formula is C19H12F6N6O3.